The van der Waals surface area contributed by atoms with Crippen LogP contribution >= 0.6 is 11.3 Å². The number of nitrogens with zero attached hydrogens (tertiary/aromatic N) is 1. The molecule has 2 unspecified atom stereocenters. The summed E-state index contributed by atoms with van der Waals surface area (Å²) in [5.41, 5.74) is 9.01. The number of hydrogen-bond acceptors (Lipinski definition) is 4. The summed E-state index contributed by atoms with van der Waals surface area (Å²) in [6.07, 6.45) is 0.972. The lowest BCUT2D eigenvalue weighted by atomic mass is 9.98. The van der Waals surface area contributed by atoms with E-state index in [0.717, 1.165) is 25.3 Å². The third kappa shape index (κ3) is 3.12. The molecule has 112 valence electrons. The van der Waals surface area contributed by atoms with Gasteiger partial charge >= 0.3 is 0 Å². The molecule has 1 aliphatic heterocycles. The third-order valence-electron chi connectivity index (χ3n) is 4.14. The van der Waals surface area contributed by atoms with Gasteiger partial charge in [0.1, 0.15) is 12.4 Å². The van der Waals surface area contributed by atoms with E-state index in [9.17, 15) is 0 Å². The van der Waals surface area contributed by atoms with E-state index in [0.29, 0.717) is 6.61 Å². The molecule has 2 atom stereocenters. The van der Waals surface area contributed by atoms with E-state index < -0.39 is 0 Å². The summed E-state index contributed by atoms with van der Waals surface area (Å²) in [5.74, 6) is 1.01. The van der Waals surface area contributed by atoms with Gasteiger partial charge < -0.3 is 10.5 Å². The van der Waals surface area contributed by atoms with E-state index in [1.165, 1.54) is 11.1 Å². The van der Waals surface area contributed by atoms with Crippen molar-refractivity contribution >= 4 is 11.3 Å². The first-order chi connectivity index (χ1) is 10.3. The first kappa shape index (κ1) is 14.6. The molecular weight excluding hydrogens is 280 g/mol. The summed E-state index contributed by atoms with van der Waals surface area (Å²) >= 11 is 1.74. The molecule has 1 aliphatic rings. The van der Waals surface area contributed by atoms with Crippen LogP contribution in [0.2, 0.25) is 0 Å². The van der Waals surface area contributed by atoms with E-state index in [4.69, 9.17) is 10.5 Å². The minimum atomic E-state index is 0.143. The van der Waals surface area contributed by atoms with E-state index in [2.05, 4.69) is 46.8 Å². The van der Waals surface area contributed by atoms with Gasteiger partial charge in [0, 0.05) is 24.7 Å². The minimum Gasteiger partial charge on any atom is -0.492 e. The van der Waals surface area contributed by atoms with Gasteiger partial charge in [-0.3, -0.25) is 4.90 Å². The molecule has 21 heavy (non-hydrogen) atoms. The number of ether oxygens (including phenoxy) is 1. The maximum absolute atomic E-state index is 6.43. The number of hydrogen-bond donors (Lipinski definition) is 1. The van der Waals surface area contributed by atoms with Gasteiger partial charge in [0.15, 0.2) is 0 Å². The zero-order valence-electron chi connectivity index (χ0n) is 12.4. The van der Waals surface area contributed by atoms with Gasteiger partial charge in [0.05, 0.1) is 6.04 Å². The van der Waals surface area contributed by atoms with Crippen LogP contribution in [0.1, 0.15) is 30.5 Å². The summed E-state index contributed by atoms with van der Waals surface area (Å²) in [6.45, 7) is 4.67. The van der Waals surface area contributed by atoms with Crippen LogP contribution in [0, 0.1) is 0 Å². The number of benzene rings is 1. The summed E-state index contributed by atoms with van der Waals surface area (Å²) in [6, 6.07) is 10.9. The molecule has 1 aromatic heterocycles. The van der Waals surface area contributed by atoms with Crippen molar-refractivity contribution in [3.63, 3.8) is 0 Å². The molecule has 0 saturated heterocycles. The Labute approximate surface area is 130 Å². The van der Waals surface area contributed by atoms with Gasteiger partial charge in [0.25, 0.3) is 0 Å². The molecule has 2 N–H and O–H groups in total. The molecular formula is C17H22N2OS. The highest BCUT2D eigenvalue weighted by molar-refractivity contribution is 7.07. The number of rotatable bonds is 4. The van der Waals surface area contributed by atoms with Gasteiger partial charge in [-0.15, -0.1) is 0 Å². The first-order valence-corrected chi connectivity index (χ1v) is 8.46. The van der Waals surface area contributed by atoms with Gasteiger partial charge in [-0.05, 0) is 34.9 Å². The van der Waals surface area contributed by atoms with Crippen molar-refractivity contribution in [1.82, 2.24) is 4.90 Å². The average molecular weight is 302 g/mol. The monoisotopic (exact) mass is 302 g/mol. The van der Waals surface area contributed by atoms with E-state index >= 15 is 0 Å². The topological polar surface area (TPSA) is 38.5 Å². The molecule has 0 bridgehead atoms. The molecule has 3 rings (SSSR count). The average Bonchev–Trinajstić information content (AvgIpc) is 2.94. The van der Waals surface area contributed by atoms with Crippen molar-refractivity contribution in [3.05, 3.63) is 52.2 Å². The standard InChI is InChI=1S/C17H22N2OS/c1-2-15(18)17(14-7-10-21-12-14)19-8-9-20-16-6-4-3-5-13(16)11-19/h3-7,10,12,15,17H,2,8-9,11,18H2,1H3. The van der Waals surface area contributed by atoms with Gasteiger partial charge in [0.2, 0.25) is 0 Å². The van der Waals surface area contributed by atoms with Gasteiger partial charge in [-0.2, -0.15) is 11.3 Å². The quantitative estimate of drug-likeness (QED) is 0.940. The predicted octanol–water partition coefficient (Wildman–Crippen LogP) is 3.42. The van der Waals surface area contributed by atoms with E-state index in [1.54, 1.807) is 11.3 Å². The van der Waals surface area contributed by atoms with Crippen molar-refractivity contribution in [1.29, 1.82) is 0 Å². The fraction of sp³-hybridized carbons (Fsp3) is 0.412. The van der Waals surface area contributed by atoms with Crippen LogP contribution in [-0.4, -0.2) is 24.1 Å². The molecule has 0 amide bonds. The maximum Gasteiger partial charge on any atom is 0.123 e. The zero-order chi connectivity index (χ0) is 14.7. The fourth-order valence-electron chi connectivity index (χ4n) is 2.98. The maximum atomic E-state index is 6.43. The van der Waals surface area contributed by atoms with Crippen LogP contribution in [-0.2, 0) is 6.54 Å². The summed E-state index contributed by atoms with van der Waals surface area (Å²) in [4.78, 5) is 2.46. The highest BCUT2D eigenvalue weighted by atomic mass is 32.1. The molecule has 2 aromatic rings. The number of fused-ring (bicyclic) bond motifs is 1. The third-order valence-corrected chi connectivity index (χ3v) is 4.84. The van der Waals surface area contributed by atoms with E-state index in [1.807, 2.05) is 6.07 Å². The Hall–Kier alpha value is -1.36. The zero-order valence-corrected chi connectivity index (χ0v) is 13.2. The lowest BCUT2D eigenvalue weighted by Gasteiger charge is -2.33. The second kappa shape index (κ2) is 6.60. The highest BCUT2D eigenvalue weighted by Crippen LogP contribution is 2.31. The Bertz CT molecular complexity index is 570. The summed E-state index contributed by atoms with van der Waals surface area (Å²) < 4.78 is 5.88. The van der Waals surface area contributed by atoms with E-state index in [-0.39, 0.29) is 12.1 Å². The van der Waals surface area contributed by atoms with Crippen LogP contribution in [0.15, 0.2) is 41.1 Å². The molecule has 0 fully saturated rings. The Morgan fingerprint density at radius 3 is 2.95 bits per heavy atom. The minimum absolute atomic E-state index is 0.143. The van der Waals surface area contributed by atoms with Crippen molar-refractivity contribution in [2.24, 2.45) is 5.73 Å². The number of thiophene rings is 1. The first-order valence-electron chi connectivity index (χ1n) is 7.52. The number of nitrogens with two attached hydrogens (primary N) is 1. The van der Waals surface area contributed by atoms with Crippen LogP contribution in [0.4, 0.5) is 0 Å². The van der Waals surface area contributed by atoms with Crippen molar-refractivity contribution < 1.29 is 4.74 Å². The molecule has 2 heterocycles. The second-order valence-corrected chi connectivity index (χ2v) is 6.28. The summed E-state index contributed by atoms with van der Waals surface area (Å²) in [5, 5.41) is 4.35. The SMILES string of the molecule is CCC(N)C(c1ccsc1)N1CCOc2ccccc2C1. The summed E-state index contributed by atoms with van der Waals surface area (Å²) in [7, 11) is 0. The van der Waals surface area contributed by atoms with Crippen LogP contribution in [0.3, 0.4) is 0 Å². The molecule has 3 nitrogen and oxygen atoms in total. The Morgan fingerprint density at radius 2 is 2.19 bits per heavy atom. The molecule has 1 aromatic carbocycles. The largest absolute Gasteiger partial charge is 0.492 e. The van der Waals surface area contributed by atoms with Crippen LogP contribution in [0.25, 0.3) is 0 Å². The number of para-hydroxylation sites is 1. The van der Waals surface area contributed by atoms with Crippen molar-refractivity contribution in [2.75, 3.05) is 13.2 Å². The highest BCUT2D eigenvalue weighted by Gasteiger charge is 2.28. The molecule has 0 saturated carbocycles. The predicted molar refractivity (Wildman–Crippen MR) is 87.7 cm³/mol. The molecule has 0 aliphatic carbocycles. The Balaban J connectivity index is 1.89. The molecule has 0 spiro atoms. The van der Waals surface area contributed by atoms with Crippen LogP contribution < -0.4 is 10.5 Å². The molecule has 4 heteroatoms. The Morgan fingerprint density at radius 1 is 1.33 bits per heavy atom. The normalized spacial score (nSPS) is 18.4. The fourth-order valence-corrected chi connectivity index (χ4v) is 3.67. The second-order valence-electron chi connectivity index (χ2n) is 5.50. The van der Waals surface area contributed by atoms with Gasteiger partial charge in [-0.25, -0.2) is 0 Å². The molecule has 0 radical (unpaired) electrons. The van der Waals surface area contributed by atoms with Gasteiger partial charge in [-0.1, -0.05) is 25.1 Å². The van der Waals surface area contributed by atoms with Crippen LogP contribution in [0.5, 0.6) is 5.75 Å². The van der Waals surface area contributed by atoms with Crippen molar-refractivity contribution in [2.45, 2.75) is 32.0 Å². The lowest BCUT2D eigenvalue weighted by Crippen LogP contribution is -2.41. The smallest absolute Gasteiger partial charge is 0.123 e. The Kier molecular flexibility index (Phi) is 4.58. The van der Waals surface area contributed by atoms with Crippen molar-refractivity contribution in [3.8, 4) is 5.75 Å². The lowest BCUT2D eigenvalue weighted by molar-refractivity contribution is 0.147.